The highest BCUT2D eigenvalue weighted by atomic mass is 35.5. The third-order valence-corrected chi connectivity index (χ3v) is 4.69. The number of hydrogen-bond acceptors (Lipinski definition) is 4. The molecule has 146 valence electrons. The number of carbonyl (C=O) groups excluding carboxylic acids is 2. The zero-order valence-corrected chi connectivity index (χ0v) is 17.0. The Balaban J connectivity index is 1.57. The van der Waals surface area contributed by atoms with E-state index in [1.165, 1.54) is 24.4 Å². The molecule has 0 unspecified atom stereocenters. The summed E-state index contributed by atoms with van der Waals surface area (Å²) in [5.74, 6) is -0.568. The number of benzene rings is 3. The van der Waals surface area contributed by atoms with E-state index in [1.807, 2.05) is 0 Å². The van der Waals surface area contributed by atoms with Crippen LogP contribution in [-0.2, 0) is 0 Å². The van der Waals surface area contributed by atoms with E-state index in [0.29, 0.717) is 32.5 Å². The molecular formula is C21H13Cl3N2O3. The standard InChI is InChI=1S/C21H13Cl3N2O3/c22-16-3-1-2-15(10-16)21(28)29-17-7-4-13(5-8-17)12-25-26-20(27)14-6-9-18(23)19(24)11-14/h1-12H,(H,26,27). The summed E-state index contributed by atoms with van der Waals surface area (Å²) in [6.07, 6.45) is 1.46. The average Bonchev–Trinajstić information content (AvgIpc) is 2.71. The molecule has 3 aromatic rings. The van der Waals surface area contributed by atoms with Crippen molar-refractivity contribution in [2.75, 3.05) is 0 Å². The first-order valence-corrected chi connectivity index (χ1v) is 9.42. The van der Waals surface area contributed by atoms with Crippen LogP contribution < -0.4 is 10.2 Å². The Morgan fingerprint density at radius 3 is 2.31 bits per heavy atom. The lowest BCUT2D eigenvalue weighted by Gasteiger charge is -2.05. The highest BCUT2D eigenvalue weighted by molar-refractivity contribution is 6.42. The fourth-order valence-electron chi connectivity index (χ4n) is 2.27. The van der Waals surface area contributed by atoms with Gasteiger partial charge in [-0.05, 0) is 66.2 Å². The number of rotatable bonds is 5. The highest BCUT2D eigenvalue weighted by Gasteiger charge is 2.09. The number of hydrazone groups is 1. The first-order valence-electron chi connectivity index (χ1n) is 8.28. The fraction of sp³-hybridized carbons (Fsp3) is 0. The number of amides is 1. The van der Waals surface area contributed by atoms with Crippen molar-refractivity contribution in [2.24, 2.45) is 5.10 Å². The molecule has 0 saturated carbocycles. The summed E-state index contributed by atoms with van der Waals surface area (Å²) in [7, 11) is 0. The van der Waals surface area contributed by atoms with Crippen molar-refractivity contribution in [3.63, 3.8) is 0 Å². The van der Waals surface area contributed by atoms with Crippen LogP contribution >= 0.6 is 34.8 Å². The Labute approximate surface area is 181 Å². The SMILES string of the molecule is O=C(NN=Cc1ccc(OC(=O)c2cccc(Cl)c2)cc1)c1ccc(Cl)c(Cl)c1. The summed E-state index contributed by atoms with van der Waals surface area (Å²) in [6, 6.07) is 17.6. The molecule has 5 nitrogen and oxygen atoms in total. The minimum absolute atomic E-state index is 0.284. The normalized spacial score (nSPS) is 10.7. The lowest BCUT2D eigenvalue weighted by atomic mass is 10.2. The molecule has 0 heterocycles. The van der Waals surface area contributed by atoms with Crippen LogP contribution in [0.2, 0.25) is 15.1 Å². The minimum atomic E-state index is -0.511. The van der Waals surface area contributed by atoms with E-state index >= 15 is 0 Å². The third-order valence-electron chi connectivity index (χ3n) is 3.71. The second-order valence-corrected chi connectivity index (χ2v) is 7.05. The zero-order chi connectivity index (χ0) is 20.8. The van der Waals surface area contributed by atoms with E-state index in [2.05, 4.69) is 10.5 Å². The van der Waals surface area contributed by atoms with E-state index in [9.17, 15) is 9.59 Å². The van der Waals surface area contributed by atoms with Gasteiger partial charge in [-0.15, -0.1) is 0 Å². The van der Waals surface area contributed by atoms with Crippen LogP contribution in [0.25, 0.3) is 0 Å². The lowest BCUT2D eigenvalue weighted by Crippen LogP contribution is -2.17. The van der Waals surface area contributed by atoms with Crippen molar-refractivity contribution < 1.29 is 14.3 Å². The van der Waals surface area contributed by atoms with Crippen molar-refractivity contribution in [3.05, 3.63) is 98.5 Å². The van der Waals surface area contributed by atoms with E-state index in [1.54, 1.807) is 48.5 Å². The Morgan fingerprint density at radius 1 is 0.862 bits per heavy atom. The number of nitrogens with one attached hydrogen (secondary N) is 1. The maximum absolute atomic E-state index is 12.1. The van der Waals surface area contributed by atoms with E-state index in [-0.39, 0.29) is 5.02 Å². The van der Waals surface area contributed by atoms with E-state index in [0.717, 1.165) is 0 Å². The first-order chi connectivity index (χ1) is 13.9. The van der Waals surface area contributed by atoms with Crippen molar-refractivity contribution in [3.8, 4) is 5.75 Å². The third kappa shape index (κ3) is 5.81. The first kappa shape index (κ1) is 20.9. The van der Waals surface area contributed by atoms with Gasteiger partial charge in [-0.25, -0.2) is 10.2 Å². The van der Waals surface area contributed by atoms with Crippen LogP contribution in [0.4, 0.5) is 0 Å². The molecule has 1 N–H and O–H groups in total. The molecule has 0 aromatic heterocycles. The topological polar surface area (TPSA) is 67.8 Å². The zero-order valence-electron chi connectivity index (χ0n) is 14.7. The summed E-state index contributed by atoms with van der Waals surface area (Å²) in [5, 5.41) is 4.99. The van der Waals surface area contributed by atoms with Gasteiger partial charge in [0.2, 0.25) is 0 Å². The van der Waals surface area contributed by atoms with Gasteiger partial charge in [-0.2, -0.15) is 5.10 Å². The number of hydrogen-bond donors (Lipinski definition) is 1. The maximum Gasteiger partial charge on any atom is 0.343 e. The maximum atomic E-state index is 12.1. The number of carbonyl (C=O) groups is 2. The van der Waals surface area contributed by atoms with Crippen LogP contribution in [0.15, 0.2) is 71.8 Å². The Bertz CT molecular complexity index is 1080. The second kappa shape index (κ2) is 9.56. The lowest BCUT2D eigenvalue weighted by molar-refractivity contribution is 0.0734. The van der Waals surface area contributed by atoms with Gasteiger partial charge in [0, 0.05) is 10.6 Å². The molecule has 3 rings (SSSR count). The predicted octanol–water partition coefficient (Wildman–Crippen LogP) is 5.63. The van der Waals surface area contributed by atoms with E-state index in [4.69, 9.17) is 39.5 Å². The molecule has 0 aliphatic heterocycles. The Hall–Kier alpha value is -2.86. The number of nitrogens with zero attached hydrogens (tertiary/aromatic N) is 1. The monoisotopic (exact) mass is 446 g/mol. The van der Waals surface area contributed by atoms with Crippen LogP contribution in [0.1, 0.15) is 26.3 Å². The summed E-state index contributed by atoms with van der Waals surface area (Å²) < 4.78 is 5.30. The molecule has 1 amide bonds. The molecule has 0 atom stereocenters. The van der Waals surface area contributed by atoms with Crippen molar-refractivity contribution in [1.82, 2.24) is 5.43 Å². The number of halogens is 3. The smallest absolute Gasteiger partial charge is 0.343 e. The van der Waals surface area contributed by atoms with Crippen LogP contribution in [0.3, 0.4) is 0 Å². The van der Waals surface area contributed by atoms with Gasteiger partial charge in [0.05, 0.1) is 21.8 Å². The fourth-order valence-corrected chi connectivity index (χ4v) is 2.76. The molecule has 3 aromatic carbocycles. The van der Waals surface area contributed by atoms with Crippen LogP contribution in [0, 0.1) is 0 Å². The summed E-state index contributed by atoms with van der Waals surface area (Å²) in [4.78, 5) is 24.1. The minimum Gasteiger partial charge on any atom is -0.423 e. The van der Waals surface area contributed by atoms with Gasteiger partial charge in [-0.1, -0.05) is 40.9 Å². The van der Waals surface area contributed by atoms with Gasteiger partial charge in [0.1, 0.15) is 5.75 Å². The average molecular weight is 448 g/mol. The van der Waals surface area contributed by atoms with Gasteiger partial charge >= 0.3 is 5.97 Å². The van der Waals surface area contributed by atoms with Gasteiger partial charge in [0.15, 0.2) is 0 Å². The molecule has 8 heteroatoms. The molecule has 0 bridgehead atoms. The molecule has 29 heavy (non-hydrogen) atoms. The molecule has 0 aliphatic rings. The number of esters is 1. The molecule has 0 fully saturated rings. The summed E-state index contributed by atoms with van der Waals surface area (Å²) >= 11 is 17.6. The van der Waals surface area contributed by atoms with Crippen molar-refractivity contribution in [2.45, 2.75) is 0 Å². The Morgan fingerprint density at radius 2 is 1.62 bits per heavy atom. The van der Waals surface area contributed by atoms with Crippen molar-refractivity contribution in [1.29, 1.82) is 0 Å². The van der Waals surface area contributed by atoms with Crippen molar-refractivity contribution >= 4 is 52.9 Å². The Kier molecular flexibility index (Phi) is 6.88. The van der Waals surface area contributed by atoms with Crippen LogP contribution in [-0.4, -0.2) is 18.1 Å². The largest absolute Gasteiger partial charge is 0.423 e. The molecule has 0 spiro atoms. The molecular weight excluding hydrogens is 435 g/mol. The van der Waals surface area contributed by atoms with Gasteiger partial charge in [0.25, 0.3) is 5.91 Å². The van der Waals surface area contributed by atoms with Gasteiger partial charge < -0.3 is 4.74 Å². The van der Waals surface area contributed by atoms with E-state index < -0.39 is 11.9 Å². The molecule has 0 aliphatic carbocycles. The highest BCUT2D eigenvalue weighted by Crippen LogP contribution is 2.22. The second-order valence-electron chi connectivity index (χ2n) is 5.80. The quantitative estimate of drug-likeness (QED) is 0.238. The van der Waals surface area contributed by atoms with Crippen LogP contribution in [0.5, 0.6) is 5.75 Å². The molecule has 0 saturated heterocycles. The van der Waals surface area contributed by atoms with Gasteiger partial charge in [-0.3, -0.25) is 4.79 Å². The summed E-state index contributed by atoms with van der Waals surface area (Å²) in [6.45, 7) is 0. The number of ether oxygens (including phenoxy) is 1. The molecule has 0 radical (unpaired) electrons. The summed E-state index contributed by atoms with van der Waals surface area (Å²) in [5.41, 5.74) is 3.78. The predicted molar refractivity (Wildman–Crippen MR) is 114 cm³/mol.